The Bertz CT molecular complexity index is 615. The van der Waals surface area contributed by atoms with Gasteiger partial charge in [0.2, 0.25) is 17.7 Å². The maximum Gasteiger partial charge on any atom is 0.325 e. The second-order valence-corrected chi connectivity index (χ2v) is 6.57. The van der Waals surface area contributed by atoms with Crippen LogP contribution < -0.4 is 16.4 Å². The predicted octanol–water partition coefficient (Wildman–Crippen LogP) is -2.22. The normalized spacial score (nSPS) is 19.7. The van der Waals surface area contributed by atoms with Gasteiger partial charge >= 0.3 is 11.9 Å². The molecule has 152 valence electrons. The highest BCUT2D eigenvalue weighted by atomic mass is 32.1. The first-order valence-electron chi connectivity index (χ1n) is 8.30. The summed E-state index contributed by atoms with van der Waals surface area (Å²) in [6, 6.07) is -4.50. The van der Waals surface area contributed by atoms with Crippen molar-refractivity contribution < 1.29 is 34.2 Å². The summed E-state index contributed by atoms with van der Waals surface area (Å²) in [4.78, 5) is 60.1. The van der Waals surface area contributed by atoms with Crippen LogP contribution in [0.3, 0.4) is 0 Å². The first kappa shape index (κ1) is 22.7. The van der Waals surface area contributed by atoms with Gasteiger partial charge in [0.25, 0.3) is 0 Å². The molecule has 1 aliphatic rings. The Morgan fingerprint density at radius 1 is 1.22 bits per heavy atom. The van der Waals surface area contributed by atoms with Crippen LogP contribution in [0.4, 0.5) is 0 Å². The summed E-state index contributed by atoms with van der Waals surface area (Å²) in [5.74, 6) is -4.66. The molecule has 0 aromatic carbocycles. The molecule has 27 heavy (non-hydrogen) atoms. The Morgan fingerprint density at radius 2 is 1.85 bits per heavy atom. The Labute approximate surface area is 161 Å². The molecule has 0 aromatic rings. The molecule has 0 spiro atoms. The zero-order valence-electron chi connectivity index (χ0n) is 14.8. The van der Waals surface area contributed by atoms with Crippen molar-refractivity contribution in [3.63, 3.8) is 0 Å². The molecular weight excluding hydrogens is 380 g/mol. The number of hydrogen-bond donors (Lipinski definition) is 6. The van der Waals surface area contributed by atoms with Gasteiger partial charge in [-0.05, 0) is 19.8 Å². The molecule has 1 aliphatic heterocycles. The predicted molar refractivity (Wildman–Crippen MR) is 96.0 cm³/mol. The van der Waals surface area contributed by atoms with Crippen molar-refractivity contribution in [2.75, 3.05) is 12.3 Å². The van der Waals surface area contributed by atoms with Gasteiger partial charge in [-0.25, -0.2) is 0 Å². The van der Waals surface area contributed by atoms with Crippen molar-refractivity contribution in [2.45, 2.75) is 50.4 Å². The highest BCUT2D eigenvalue weighted by Crippen LogP contribution is 2.19. The zero-order valence-corrected chi connectivity index (χ0v) is 15.6. The Balaban J connectivity index is 2.91. The van der Waals surface area contributed by atoms with E-state index in [-0.39, 0.29) is 12.3 Å². The van der Waals surface area contributed by atoms with Crippen LogP contribution >= 0.6 is 12.6 Å². The van der Waals surface area contributed by atoms with E-state index < -0.39 is 60.2 Å². The minimum atomic E-state index is -1.40. The van der Waals surface area contributed by atoms with Crippen molar-refractivity contribution in [1.82, 2.24) is 15.5 Å². The minimum absolute atomic E-state index is 0.00162. The summed E-state index contributed by atoms with van der Waals surface area (Å²) < 4.78 is 0. The van der Waals surface area contributed by atoms with Crippen molar-refractivity contribution in [3.05, 3.63) is 0 Å². The topological polar surface area (TPSA) is 179 Å². The Hall–Kier alpha value is -2.34. The fourth-order valence-electron chi connectivity index (χ4n) is 2.61. The number of hydrogen-bond acceptors (Lipinski definition) is 7. The molecular formula is C15H24N4O7S. The number of carbonyl (C=O) groups excluding carboxylic acids is 3. The number of nitrogens with zero attached hydrogens (tertiary/aromatic N) is 1. The number of carbonyl (C=O) groups is 5. The summed E-state index contributed by atoms with van der Waals surface area (Å²) in [7, 11) is 0. The van der Waals surface area contributed by atoms with E-state index in [0.717, 1.165) is 4.90 Å². The van der Waals surface area contributed by atoms with E-state index >= 15 is 0 Å². The second kappa shape index (κ2) is 10.1. The number of likely N-dealkylation sites (tertiary alicyclic amines) is 1. The fraction of sp³-hybridized carbons (Fsp3) is 0.667. The van der Waals surface area contributed by atoms with E-state index in [9.17, 15) is 24.0 Å². The van der Waals surface area contributed by atoms with Crippen LogP contribution in [0.5, 0.6) is 0 Å². The van der Waals surface area contributed by atoms with Gasteiger partial charge in [0.15, 0.2) is 0 Å². The van der Waals surface area contributed by atoms with Crippen molar-refractivity contribution in [3.8, 4) is 0 Å². The lowest BCUT2D eigenvalue weighted by atomic mass is 10.1. The number of thiol groups is 1. The molecule has 0 aromatic heterocycles. The van der Waals surface area contributed by atoms with Gasteiger partial charge in [0, 0.05) is 12.3 Å². The number of carboxylic acid groups (broad SMARTS) is 2. The molecule has 6 N–H and O–H groups in total. The molecule has 12 heteroatoms. The summed E-state index contributed by atoms with van der Waals surface area (Å²) in [5.41, 5.74) is 5.53. The molecule has 0 radical (unpaired) electrons. The lowest BCUT2D eigenvalue weighted by molar-refractivity contribution is -0.147. The monoisotopic (exact) mass is 404 g/mol. The molecule has 4 atom stereocenters. The van der Waals surface area contributed by atoms with E-state index in [4.69, 9.17) is 15.9 Å². The first-order valence-corrected chi connectivity index (χ1v) is 8.94. The molecule has 0 saturated carbocycles. The number of amides is 3. The standard InChI is InChI=1S/C15H24N4O7S/c1-7(15(25)26)17-13(23)10-3-2-4-19(10)14(24)9(5-11(20)21)18-12(22)8(16)6-27/h7-10,27H,2-6,16H2,1H3,(H,17,23)(H,18,22)(H,20,21)(H,25,26). The van der Waals surface area contributed by atoms with Crippen LogP contribution in [0.15, 0.2) is 0 Å². The maximum absolute atomic E-state index is 12.8. The van der Waals surface area contributed by atoms with E-state index in [2.05, 4.69) is 23.3 Å². The zero-order chi connectivity index (χ0) is 20.7. The lowest BCUT2D eigenvalue weighted by Crippen LogP contribution is -2.57. The summed E-state index contributed by atoms with van der Waals surface area (Å²) in [6.07, 6.45) is 0.100. The van der Waals surface area contributed by atoms with E-state index in [0.29, 0.717) is 12.8 Å². The number of rotatable bonds is 9. The second-order valence-electron chi connectivity index (χ2n) is 6.21. The van der Waals surface area contributed by atoms with Gasteiger partial charge in [0.05, 0.1) is 12.5 Å². The van der Waals surface area contributed by atoms with Crippen LogP contribution in [0.25, 0.3) is 0 Å². The lowest BCUT2D eigenvalue weighted by Gasteiger charge is -2.29. The van der Waals surface area contributed by atoms with Gasteiger partial charge in [-0.3, -0.25) is 24.0 Å². The SMILES string of the molecule is CC(NC(=O)C1CCCN1C(=O)C(CC(=O)O)NC(=O)C(N)CS)C(=O)O. The Kier molecular flexibility index (Phi) is 8.50. The highest BCUT2D eigenvalue weighted by Gasteiger charge is 2.39. The van der Waals surface area contributed by atoms with E-state index in [1.165, 1.54) is 6.92 Å². The Morgan fingerprint density at radius 3 is 2.37 bits per heavy atom. The van der Waals surface area contributed by atoms with Gasteiger partial charge in [-0.1, -0.05) is 0 Å². The number of carboxylic acids is 2. The van der Waals surface area contributed by atoms with Gasteiger partial charge in [-0.2, -0.15) is 12.6 Å². The van der Waals surface area contributed by atoms with Crippen LogP contribution in [-0.4, -0.2) is 81.2 Å². The summed E-state index contributed by atoms with van der Waals surface area (Å²) in [6.45, 7) is 1.47. The van der Waals surface area contributed by atoms with Gasteiger partial charge in [-0.15, -0.1) is 0 Å². The average Bonchev–Trinajstić information content (AvgIpc) is 3.08. The highest BCUT2D eigenvalue weighted by molar-refractivity contribution is 7.80. The quantitative estimate of drug-likeness (QED) is 0.234. The third-order valence-electron chi connectivity index (χ3n) is 4.09. The molecule has 11 nitrogen and oxygen atoms in total. The molecule has 1 saturated heterocycles. The fourth-order valence-corrected chi connectivity index (χ4v) is 2.78. The molecule has 4 unspecified atom stereocenters. The van der Waals surface area contributed by atoms with Crippen molar-refractivity contribution in [1.29, 1.82) is 0 Å². The van der Waals surface area contributed by atoms with Crippen LogP contribution in [0.2, 0.25) is 0 Å². The van der Waals surface area contributed by atoms with Crippen LogP contribution in [0, 0.1) is 0 Å². The average molecular weight is 404 g/mol. The van der Waals surface area contributed by atoms with Crippen molar-refractivity contribution in [2.24, 2.45) is 5.73 Å². The third-order valence-corrected chi connectivity index (χ3v) is 4.49. The van der Waals surface area contributed by atoms with E-state index in [1.807, 2.05) is 0 Å². The molecule has 3 amide bonds. The molecule has 1 rings (SSSR count). The minimum Gasteiger partial charge on any atom is -0.481 e. The largest absolute Gasteiger partial charge is 0.481 e. The molecule has 1 fully saturated rings. The first-order chi connectivity index (χ1) is 12.6. The van der Waals surface area contributed by atoms with E-state index in [1.54, 1.807) is 0 Å². The third kappa shape index (κ3) is 6.40. The van der Waals surface area contributed by atoms with Crippen molar-refractivity contribution >= 4 is 42.3 Å². The van der Waals surface area contributed by atoms with Gasteiger partial charge in [0.1, 0.15) is 18.1 Å². The maximum atomic E-state index is 12.8. The molecule has 1 heterocycles. The molecule has 0 bridgehead atoms. The van der Waals surface area contributed by atoms with Gasteiger partial charge < -0.3 is 31.5 Å². The summed E-state index contributed by atoms with van der Waals surface area (Å²) in [5, 5.41) is 22.5. The molecule has 0 aliphatic carbocycles. The van der Waals surface area contributed by atoms with Crippen LogP contribution in [-0.2, 0) is 24.0 Å². The number of nitrogens with one attached hydrogen (secondary N) is 2. The number of nitrogens with two attached hydrogens (primary N) is 1. The van der Waals surface area contributed by atoms with Crippen LogP contribution in [0.1, 0.15) is 26.2 Å². The number of aliphatic carboxylic acids is 2. The smallest absolute Gasteiger partial charge is 0.325 e. The summed E-state index contributed by atoms with van der Waals surface area (Å²) >= 11 is 3.88.